The number of urea groups is 1. The molecule has 0 atom stereocenters. The minimum absolute atomic E-state index is 0.0330. The van der Waals surface area contributed by atoms with E-state index < -0.39 is 0 Å². The molecule has 160 valence electrons. The molecule has 0 bridgehead atoms. The Balaban J connectivity index is 1.19. The Hall–Kier alpha value is -2.73. The van der Waals surface area contributed by atoms with E-state index in [9.17, 15) is 9.90 Å². The lowest BCUT2D eigenvalue weighted by atomic mass is 9.98. The number of ether oxygens (including phenoxy) is 1. The second kappa shape index (κ2) is 9.39. The molecule has 0 spiro atoms. The van der Waals surface area contributed by atoms with E-state index in [1.165, 1.54) is 0 Å². The highest BCUT2D eigenvalue weighted by Gasteiger charge is 2.27. The zero-order valence-corrected chi connectivity index (χ0v) is 17.7. The summed E-state index contributed by atoms with van der Waals surface area (Å²) in [5, 5.41) is 9.64. The monoisotopic (exact) mass is 409 g/mol. The summed E-state index contributed by atoms with van der Waals surface area (Å²) in [6, 6.07) is 15.3. The molecule has 6 nitrogen and oxygen atoms in total. The van der Waals surface area contributed by atoms with Crippen molar-refractivity contribution in [3.63, 3.8) is 0 Å². The number of likely N-dealkylation sites (N-methyl/N-ethyl adjacent to an activating group) is 1. The highest BCUT2D eigenvalue weighted by Crippen LogP contribution is 2.31. The van der Waals surface area contributed by atoms with Crippen LogP contribution in [-0.4, -0.2) is 67.3 Å². The number of likely N-dealkylation sites (tertiary alicyclic amines) is 1. The summed E-state index contributed by atoms with van der Waals surface area (Å²) < 4.78 is 5.91. The highest BCUT2D eigenvalue weighted by molar-refractivity contribution is 5.94. The lowest BCUT2D eigenvalue weighted by Gasteiger charge is -2.33. The minimum atomic E-state index is 0.0330. The van der Waals surface area contributed by atoms with Crippen molar-refractivity contribution >= 4 is 11.7 Å². The molecule has 0 aromatic heterocycles. The first kappa shape index (κ1) is 20.5. The standard InChI is InChI=1S/C24H31N3O3/c1-25(24(29)27-14-11-20-17-21(28)7-8-23(20)27)15-16-26-12-9-19(10-13-26)18-30-22-5-3-2-4-6-22/h2-8,17,19,28H,9-16,18H2,1H3. The number of phenols is 1. The Morgan fingerprint density at radius 3 is 2.67 bits per heavy atom. The molecule has 30 heavy (non-hydrogen) atoms. The van der Waals surface area contributed by atoms with Crippen LogP contribution in [0.3, 0.4) is 0 Å². The predicted molar refractivity (Wildman–Crippen MR) is 118 cm³/mol. The van der Waals surface area contributed by atoms with Gasteiger partial charge in [0.15, 0.2) is 0 Å². The van der Waals surface area contributed by atoms with Gasteiger partial charge in [-0.1, -0.05) is 18.2 Å². The minimum Gasteiger partial charge on any atom is -0.508 e. The molecule has 2 aliphatic heterocycles. The topological polar surface area (TPSA) is 56.2 Å². The number of piperidine rings is 1. The second-order valence-electron chi connectivity index (χ2n) is 8.33. The number of fused-ring (bicyclic) bond motifs is 1. The van der Waals surface area contributed by atoms with Crippen molar-refractivity contribution in [2.24, 2.45) is 5.92 Å². The van der Waals surface area contributed by atoms with Crippen LogP contribution in [0.2, 0.25) is 0 Å². The Labute approximate surface area is 178 Å². The summed E-state index contributed by atoms with van der Waals surface area (Å²) >= 11 is 0. The number of rotatable bonds is 6. The fourth-order valence-corrected chi connectivity index (χ4v) is 4.29. The lowest BCUT2D eigenvalue weighted by molar-refractivity contribution is 0.134. The Bertz CT molecular complexity index is 850. The van der Waals surface area contributed by atoms with E-state index in [0.717, 1.165) is 62.5 Å². The summed E-state index contributed by atoms with van der Waals surface area (Å²) in [5.74, 6) is 1.80. The zero-order chi connectivity index (χ0) is 20.9. The first-order chi connectivity index (χ1) is 14.6. The quantitative estimate of drug-likeness (QED) is 0.792. The molecule has 4 rings (SSSR count). The van der Waals surface area contributed by atoms with Crippen LogP contribution in [0.1, 0.15) is 18.4 Å². The van der Waals surface area contributed by atoms with Crippen molar-refractivity contribution in [2.75, 3.05) is 51.3 Å². The maximum absolute atomic E-state index is 12.9. The largest absolute Gasteiger partial charge is 0.508 e. The van der Waals surface area contributed by atoms with Gasteiger partial charge in [0.1, 0.15) is 11.5 Å². The van der Waals surface area contributed by atoms with Gasteiger partial charge in [0.2, 0.25) is 0 Å². The van der Waals surface area contributed by atoms with Crippen LogP contribution in [0.15, 0.2) is 48.5 Å². The molecule has 2 aromatic rings. The number of hydrogen-bond acceptors (Lipinski definition) is 4. The van der Waals surface area contributed by atoms with Gasteiger partial charge in [-0.05, 0) is 74.2 Å². The second-order valence-corrected chi connectivity index (χ2v) is 8.33. The number of hydrogen-bond donors (Lipinski definition) is 1. The molecular weight excluding hydrogens is 378 g/mol. The number of nitrogens with zero attached hydrogens (tertiary/aromatic N) is 3. The third-order valence-electron chi connectivity index (χ3n) is 6.20. The van der Waals surface area contributed by atoms with Gasteiger partial charge in [0.05, 0.1) is 6.61 Å². The molecule has 1 N–H and O–H groups in total. The third kappa shape index (κ3) is 4.87. The molecule has 1 fully saturated rings. The van der Waals surface area contributed by atoms with Gasteiger partial charge < -0.3 is 19.6 Å². The van der Waals surface area contributed by atoms with Gasteiger partial charge in [-0.2, -0.15) is 0 Å². The molecule has 6 heteroatoms. The van der Waals surface area contributed by atoms with Crippen molar-refractivity contribution < 1.29 is 14.6 Å². The predicted octanol–water partition coefficient (Wildman–Crippen LogP) is 3.60. The average molecular weight is 410 g/mol. The first-order valence-electron chi connectivity index (χ1n) is 10.8. The number of aromatic hydroxyl groups is 1. The van der Waals surface area contributed by atoms with Crippen molar-refractivity contribution in [1.29, 1.82) is 0 Å². The van der Waals surface area contributed by atoms with Crippen molar-refractivity contribution in [3.8, 4) is 11.5 Å². The number of benzene rings is 2. The van der Waals surface area contributed by atoms with Crippen LogP contribution >= 0.6 is 0 Å². The molecule has 2 aromatic carbocycles. The molecule has 0 unspecified atom stereocenters. The van der Waals surface area contributed by atoms with Crippen molar-refractivity contribution in [1.82, 2.24) is 9.80 Å². The number of phenolic OH excluding ortho intramolecular Hbond substituents is 1. The molecular formula is C24H31N3O3. The van der Waals surface area contributed by atoms with E-state index in [0.29, 0.717) is 19.0 Å². The van der Waals surface area contributed by atoms with Crippen LogP contribution in [0.4, 0.5) is 10.5 Å². The SMILES string of the molecule is CN(CCN1CCC(COc2ccccc2)CC1)C(=O)N1CCc2cc(O)ccc21. The number of anilines is 1. The molecule has 2 heterocycles. The fourth-order valence-electron chi connectivity index (χ4n) is 4.29. The van der Waals surface area contributed by atoms with Gasteiger partial charge in [-0.25, -0.2) is 4.79 Å². The normalized spacial score (nSPS) is 17.0. The Morgan fingerprint density at radius 2 is 1.90 bits per heavy atom. The van der Waals surface area contributed by atoms with Crippen LogP contribution in [0.5, 0.6) is 11.5 Å². The number of para-hydroxylation sites is 1. The van der Waals surface area contributed by atoms with Crippen LogP contribution in [0, 0.1) is 5.92 Å². The van der Waals surface area contributed by atoms with E-state index in [1.54, 1.807) is 12.1 Å². The summed E-state index contributed by atoms with van der Waals surface area (Å²) in [6.45, 7) is 5.17. The van der Waals surface area contributed by atoms with Gasteiger partial charge in [-0.15, -0.1) is 0 Å². The lowest BCUT2D eigenvalue weighted by Crippen LogP contribution is -2.45. The fraction of sp³-hybridized carbons (Fsp3) is 0.458. The number of carbonyl (C=O) groups is 1. The van der Waals surface area contributed by atoms with E-state index in [2.05, 4.69) is 4.90 Å². The van der Waals surface area contributed by atoms with Crippen LogP contribution in [-0.2, 0) is 6.42 Å². The van der Waals surface area contributed by atoms with E-state index in [1.807, 2.05) is 53.2 Å². The van der Waals surface area contributed by atoms with Crippen molar-refractivity contribution in [2.45, 2.75) is 19.3 Å². The number of amides is 2. The molecule has 0 radical (unpaired) electrons. The first-order valence-corrected chi connectivity index (χ1v) is 10.8. The van der Waals surface area contributed by atoms with E-state index >= 15 is 0 Å². The summed E-state index contributed by atoms with van der Waals surface area (Å²) in [4.78, 5) is 19.0. The van der Waals surface area contributed by atoms with Gasteiger partial charge >= 0.3 is 6.03 Å². The van der Waals surface area contributed by atoms with Crippen LogP contribution in [0.25, 0.3) is 0 Å². The van der Waals surface area contributed by atoms with E-state index in [4.69, 9.17) is 4.74 Å². The van der Waals surface area contributed by atoms with Gasteiger partial charge in [-0.3, -0.25) is 4.90 Å². The van der Waals surface area contributed by atoms with E-state index in [-0.39, 0.29) is 11.8 Å². The smallest absolute Gasteiger partial charge is 0.324 e. The average Bonchev–Trinajstić information content (AvgIpc) is 3.20. The molecule has 2 aliphatic rings. The summed E-state index contributed by atoms with van der Waals surface area (Å²) in [5.41, 5.74) is 1.96. The molecule has 0 saturated carbocycles. The van der Waals surface area contributed by atoms with Crippen LogP contribution < -0.4 is 9.64 Å². The molecule has 1 saturated heterocycles. The summed E-state index contributed by atoms with van der Waals surface area (Å²) in [7, 11) is 1.88. The van der Waals surface area contributed by atoms with Crippen molar-refractivity contribution in [3.05, 3.63) is 54.1 Å². The molecule has 2 amide bonds. The molecule has 0 aliphatic carbocycles. The van der Waals surface area contributed by atoms with Gasteiger partial charge in [0.25, 0.3) is 0 Å². The zero-order valence-electron chi connectivity index (χ0n) is 17.7. The Morgan fingerprint density at radius 1 is 1.13 bits per heavy atom. The number of carbonyl (C=O) groups excluding carboxylic acids is 1. The maximum atomic E-state index is 12.9. The summed E-state index contributed by atoms with van der Waals surface area (Å²) in [6.07, 6.45) is 3.06. The highest BCUT2D eigenvalue weighted by atomic mass is 16.5. The van der Waals surface area contributed by atoms with Gasteiger partial charge in [0, 0.05) is 32.4 Å². The third-order valence-corrected chi connectivity index (χ3v) is 6.20. The maximum Gasteiger partial charge on any atom is 0.324 e. The Kier molecular flexibility index (Phi) is 6.43.